The van der Waals surface area contributed by atoms with E-state index in [4.69, 9.17) is 0 Å². The minimum atomic E-state index is -4.89. The van der Waals surface area contributed by atoms with Gasteiger partial charge in [-0.2, -0.15) is 13.2 Å². The molecule has 0 bridgehead atoms. The van der Waals surface area contributed by atoms with Crippen LogP contribution in [-0.2, 0) is 0 Å². The van der Waals surface area contributed by atoms with Crippen molar-refractivity contribution in [2.75, 3.05) is 0 Å². The Labute approximate surface area is 86.9 Å². The van der Waals surface area contributed by atoms with E-state index >= 15 is 0 Å². The molecule has 0 aromatic carbocycles. The largest absolute Gasteiger partial charge is 0.422 e. The third-order valence-corrected chi connectivity index (χ3v) is 2.16. The molecular weight excluding hydrogens is 215 g/mol. The smallest absolute Gasteiger partial charge is 0.244 e. The number of hydrogen-bond donors (Lipinski definition) is 0. The minimum Gasteiger partial charge on any atom is -0.244 e. The lowest BCUT2D eigenvalue weighted by atomic mass is 9.87. The molecule has 0 rings (SSSR count). The molecule has 0 radical (unpaired) electrons. The van der Waals surface area contributed by atoms with E-state index in [1.807, 2.05) is 0 Å². The molecule has 0 nitrogen and oxygen atoms in total. The second-order valence-electron chi connectivity index (χ2n) is 4.93. The molecule has 2 unspecified atom stereocenters. The molecule has 0 aromatic rings. The van der Waals surface area contributed by atoms with Gasteiger partial charge in [0.25, 0.3) is 0 Å². The van der Waals surface area contributed by atoms with Gasteiger partial charge in [0.2, 0.25) is 5.67 Å². The van der Waals surface area contributed by atoms with Gasteiger partial charge in [-0.1, -0.05) is 6.92 Å². The van der Waals surface area contributed by atoms with E-state index in [1.54, 1.807) is 0 Å². The highest BCUT2D eigenvalue weighted by Crippen LogP contribution is 2.40. The second kappa shape index (κ2) is 4.26. The summed E-state index contributed by atoms with van der Waals surface area (Å²) in [7, 11) is 0. The van der Waals surface area contributed by atoms with Crippen LogP contribution in [0.15, 0.2) is 0 Å². The predicted molar refractivity (Wildman–Crippen MR) is 49.2 cm³/mol. The quantitative estimate of drug-likeness (QED) is 0.628. The Morgan fingerprint density at radius 3 is 1.53 bits per heavy atom. The van der Waals surface area contributed by atoms with Gasteiger partial charge in [0.15, 0.2) is 0 Å². The molecule has 92 valence electrons. The maximum Gasteiger partial charge on any atom is 0.422 e. The summed E-state index contributed by atoms with van der Waals surface area (Å²) in [5.41, 5.74) is -4.81. The molecule has 15 heavy (non-hydrogen) atoms. The Kier molecular flexibility index (Phi) is 4.16. The zero-order valence-electron chi connectivity index (χ0n) is 9.38. The fourth-order valence-electron chi connectivity index (χ4n) is 1.67. The van der Waals surface area contributed by atoms with E-state index in [0.29, 0.717) is 6.92 Å². The van der Waals surface area contributed by atoms with Crippen molar-refractivity contribution in [2.45, 2.75) is 58.1 Å². The van der Waals surface area contributed by atoms with E-state index in [-0.39, 0.29) is 6.42 Å². The summed E-state index contributed by atoms with van der Waals surface area (Å²) < 4.78 is 62.8. The van der Waals surface area contributed by atoms with Gasteiger partial charge in [0, 0.05) is 0 Å². The van der Waals surface area contributed by atoms with Crippen LogP contribution in [0, 0.1) is 5.92 Å². The van der Waals surface area contributed by atoms with E-state index < -0.39 is 29.9 Å². The molecule has 5 heteroatoms. The van der Waals surface area contributed by atoms with Gasteiger partial charge in [-0.25, -0.2) is 8.78 Å². The molecule has 0 aliphatic heterocycles. The van der Waals surface area contributed by atoms with Crippen molar-refractivity contribution in [1.29, 1.82) is 0 Å². The first-order valence-corrected chi connectivity index (χ1v) is 4.80. The molecule has 0 spiro atoms. The molecule has 0 amide bonds. The van der Waals surface area contributed by atoms with Crippen molar-refractivity contribution >= 4 is 0 Å². The van der Waals surface area contributed by atoms with Gasteiger partial charge < -0.3 is 0 Å². The van der Waals surface area contributed by atoms with Crippen LogP contribution < -0.4 is 0 Å². The van der Waals surface area contributed by atoms with Crippen LogP contribution in [0.2, 0.25) is 0 Å². The molecule has 0 N–H and O–H groups in total. The monoisotopic (exact) mass is 232 g/mol. The summed E-state index contributed by atoms with van der Waals surface area (Å²) in [5.74, 6) is -0.651. The lowest BCUT2D eigenvalue weighted by molar-refractivity contribution is -0.229. The van der Waals surface area contributed by atoms with Gasteiger partial charge in [0.05, 0.1) is 0 Å². The van der Waals surface area contributed by atoms with E-state index in [0.717, 1.165) is 0 Å². The topological polar surface area (TPSA) is 0 Å². The molecule has 0 heterocycles. The van der Waals surface area contributed by atoms with Crippen LogP contribution in [0.3, 0.4) is 0 Å². The Morgan fingerprint density at radius 1 is 0.867 bits per heavy atom. The fraction of sp³-hybridized carbons (Fsp3) is 1.00. The average Bonchev–Trinajstić information content (AvgIpc) is 1.75. The summed E-state index contributed by atoms with van der Waals surface area (Å²) in [6, 6.07) is 0. The van der Waals surface area contributed by atoms with Gasteiger partial charge in [-0.15, -0.1) is 0 Å². The Morgan fingerprint density at radius 2 is 1.27 bits per heavy atom. The van der Waals surface area contributed by atoms with Crippen molar-refractivity contribution in [2.24, 2.45) is 5.92 Å². The standard InChI is InChI=1S/C10H17F5/c1-7(5-8(2,3)11)6-9(4,12)10(13,14)15/h7H,5-6H2,1-4H3. The first-order chi connectivity index (χ1) is 6.35. The first-order valence-electron chi connectivity index (χ1n) is 4.80. The van der Waals surface area contributed by atoms with Crippen molar-refractivity contribution < 1.29 is 22.0 Å². The maximum atomic E-state index is 13.2. The van der Waals surface area contributed by atoms with Crippen LogP contribution in [-0.4, -0.2) is 17.5 Å². The molecule has 0 saturated carbocycles. The second-order valence-corrected chi connectivity index (χ2v) is 4.93. The molecular formula is C10H17F5. The first kappa shape index (κ1) is 14.6. The number of rotatable bonds is 4. The van der Waals surface area contributed by atoms with E-state index in [1.165, 1.54) is 20.8 Å². The van der Waals surface area contributed by atoms with E-state index in [2.05, 4.69) is 0 Å². The summed E-state index contributed by atoms with van der Waals surface area (Å²) in [4.78, 5) is 0. The fourth-order valence-corrected chi connectivity index (χ4v) is 1.67. The maximum absolute atomic E-state index is 13.2. The SMILES string of the molecule is CC(CC(C)(C)F)CC(C)(F)C(F)(F)F. The lowest BCUT2D eigenvalue weighted by Crippen LogP contribution is -2.39. The van der Waals surface area contributed by atoms with Crippen LogP contribution in [0.1, 0.15) is 40.5 Å². The summed E-state index contributed by atoms with van der Waals surface area (Å²) in [6.45, 7) is 4.46. The number of hydrogen-bond acceptors (Lipinski definition) is 0. The zero-order chi connectivity index (χ0) is 12.5. The van der Waals surface area contributed by atoms with E-state index in [9.17, 15) is 22.0 Å². The summed E-state index contributed by atoms with van der Waals surface area (Å²) >= 11 is 0. The summed E-state index contributed by atoms with van der Waals surface area (Å²) in [6.07, 6.45) is -5.67. The third kappa shape index (κ3) is 5.33. The van der Waals surface area contributed by atoms with Crippen molar-refractivity contribution in [3.63, 3.8) is 0 Å². The highest BCUT2D eigenvalue weighted by molar-refractivity contribution is 4.85. The van der Waals surface area contributed by atoms with Gasteiger partial charge in [-0.3, -0.25) is 0 Å². The zero-order valence-corrected chi connectivity index (χ0v) is 9.38. The van der Waals surface area contributed by atoms with Crippen LogP contribution in [0.25, 0.3) is 0 Å². The molecule has 0 aliphatic rings. The highest BCUT2D eigenvalue weighted by Gasteiger charge is 2.52. The molecule has 0 fully saturated rings. The highest BCUT2D eigenvalue weighted by atomic mass is 19.4. The van der Waals surface area contributed by atoms with Gasteiger partial charge in [0.1, 0.15) is 5.67 Å². The lowest BCUT2D eigenvalue weighted by Gasteiger charge is -2.28. The number of alkyl halides is 5. The minimum absolute atomic E-state index is 0.0808. The molecule has 0 saturated heterocycles. The predicted octanol–water partition coefficient (Wildman–Crippen LogP) is 4.44. The normalized spacial score (nSPS) is 19.8. The summed E-state index contributed by atoms with van der Waals surface area (Å²) in [5, 5.41) is 0. The number of halogens is 5. The third-order valence-electron chi connectivity index (χ3n) is 2.16. The average molecular weight is 232 g/mol. The molecule has 2 atom stereocenters. The van der Waals surface area contributed by atoms with Gasteiger partial charge in [-0.05, 0) is 39.5 Å². The Bertz CT molecular complexity index is 199. The van der Waals surface area contributed by atoms with Crippen LogP contribution in [0.5, 0.6) is 0 Å². The van der Waals surface area contributed by atoms with Crippen LogP contribution >= 0.6 is 0 Å². The van der Waals surface area contributed by atoms with Crippen molar-refractivity contribution in [3.05, 3.63) is 0 Å². The van der Waals surface area contributed by atoms with Crippen molar-refractivity contribution in [1.82, 2.24) is 0 Å². The molecule has 0 aromatic heterocycles. The Balaban J connectivity index is 4.36. The van der Waals surface area contributed by atoms with Crippen molar-refractivity contribution in [3.8, 4) is 0 Å². The van der Waals surface area contributed by atoms with Gasteiger partial charge >= 0.3 is 6.18 Å². The molecule has 0 aliphatic carbocycles. The van der Waals surface area contributed by atoms with Crippen LogP contribution in [0.4, 0.5) is 22.0 Å². The Hall–Kier alpha value is -0.350.